The van der Waals surface area contributed by atoms with Crippen molar-refractivity contribution in [1.82, 2.24) is 15.0 Å². The average molecular weight is 289 g/mol. The van der Waals surface area contributed by atoms with E-state index in [9.17, 15) is 0 Å². The van der Waals surface area contributed by atoms with Gasteiger partial charge in [-0.3, -0.25) is 4.90 Å². The first kappa shape index (κ1) is 14.3. The average Bonchev–Trinajstić information content (AvgIpc) is 3.20. The van der Waals surface area contributed by atoms with E-state index in [1.165, 1.54) is 6.42 Å². The largest absolute Gasteiger partial charge is 0.469 e. The van der Waals surface area contributed by atoms with E-state index in [2.05, 4.69) is 28.9 Å². The van der Waals surface area contributed by atoms with Crippen molar-refractivity contribution in [2.45, 2.75) is 51.5 Å². The molecule has 0 N–H and O–H groups in total. The highest BCUT2D eigenvalue weighted by Crippen LogP contribution is 2.31. The van der Waals surface area contributed by atoms with Crippen LogP contribution in [0.5, 0.6) is 0 Å². The fraction of sp³-hybridized carbons (Fsp3) is 0.625. The van der Waals surface area contributed by atoms with Crippen LogP contribution in [0.4, 0.5) is 0 Å². The van der Waals surface area contributed by atoms with Gasteiger partial charge in [-0.1, -0.05) is 19.0 Å². The van der Waals surface area contributed by atoms with Crippen molar-refractivity contribution in [3.8, 4) is 0 Å². The van der Waals surface area contributed by atoms with E-state index >= 15 is 0 Å². The first-order valence-electron chi connectivity index (χ1n) is 7.84. The van der Waals surface area contributed by atoms with Gasteiger partial charge in [0.05, 0.1) is 12.3 Å². The summed E-state index contributed by atoms with van der Waals surface area (Å²) in [5, 5.41) is 4.09. The number of aryl methyl sites for hydroxylation is 1. The van der Waals surface area contributed by atoms with Crippen molar-refractivity contribution in [1.29, 1.82) is 0 Å². The zero-order valence-electron chi connectivity index (χ0n) is 12.8. The molecule has 1 aliphatic heterocycles. The molecule has 0 amide bonds. The Hall–Kier alpha value is -1.62. The molecule has 1 aliphatic rings. The van der Waals surface area contributed by atoms with Crippen molar-refractivity contribution in [2.24, 2.45) is 0 Å². The second-order valence-electron chi connectivity index (χ2n) is 6.02. The number of furan rings is 1. The Kier molecular flexibility index (Phi) is 4.39. The molecule has 0 bridgehead atoms. The Bertz CT molecular complexity index is 548. The van der Waals surface area contributed by atoms with Crippen molar-refractivity contribution >= 4 is 0 Å². The lowest BCUT2D eigenvalue weighted by Gasteiger charge is -2.20. The molecule has 0 spiro atoms. The summed E-state index contributed by atoms with van der Waals surface area (Å²) in [6, 6.07) is 4.27. The fourth-order valence-electron chi connectivity index (χ4n) is 2.90. The molecule has 3 rings (SSSR count). The van der Waals surface area contributed by atoms with Crippen molar-refractivity contribution in [3.05, 3.63) is 35.9 Å². The second kappa shape index (κ2) is 6.43. The number of aromatic nitrogens is 2. The van der Waals surface area contributed by atoms with Gasteiger partial charge in [0.1, 0.15) is 5.76 Å². The molecule has 5 heteroatoms. The van der Waals surface area contributed by atoms with Crippen LogP contribution in [0, 0.1) is 0 Å². The Labute approximate surface area is 125 Å². The molecule has 0 aromatic carbocycles. The van der Waals surface area contributed by atoms with Gasteiger partial charge in [0.25, 0.3) is 0 Å². The zero-order valence-corrected chi connectivity index (χ0v) is 12.8. The highest BCUT2D eigenvalue weighted by atomic mass is 16.5. The zero-order chi connectivity index (χ0) is 14.7. The molecule has 0 saturated carbocycles. The molecular formula is C16H23N3O2. The van der Waals surface area contributed by atoms with Crippen LogP contribution in [0.25, 0.3) is 0 Å². The Balaban J connectivity index is 1.56. The molecule has 21 heavy (non-hydrogen) atoms. The maximum Gasteiger partial charge on any atom is 0.244 e. The predicted molar refractivity (Wildman–Crippen MR) is 79.0 cm³/mol. The SMILES string of the molecule is CC(C)c1noc([C@@H]2CCCN2CCCc2ccco2)n1. The van der Waals surface area contributed by atoms with E-state index in [1.807, 2.05) is 12.1 Å². The minimum Gasteiger partial charge on any atom is -0.469 e. The van der Waals surface area contributed by atoms with Crippen LogP contribution in [0.2, 0.25) is 0 Å². The van der Waals surface area contributed by atoms with Gasteiger partial charge in [-0.25, -0.2) is 0 Å². The topological polar surface area (TPSA) is 55.3 Å². The summed E-state index contributed by atoms with van der Waals surface area (Å²) < 4.78 is 10.9. The molecule has 2 aromatic rings. The van der Waals surface area contributed by atoms with Gasteiger partial charge in [-0.15, -0.1) is 0 Å². The van der Waals surface area contributed by atoms with Crippen LogP contribution < -0.4 is 0 Å². The van der Waals surface area contributed by atoms with Crippen molar-refractivity contribution < 1.29 is 8.94 Å². The molecule has 0 unspecified atom stereocenters. The van der Waals surface area contributed by atoms with Crippen LogP contribution in [0.1, 0.15) is 62.5 Å². The van der Waals surface area contributed by atoms with Gasteiger partial charge in [0.15, 0.2) is 5.82 Å². The lowest BCUT2D eigenvalue weighted by molar-refractivity contribution is 0.205. The Morgan fingerprint density at radius 1 is 1.43 bits per heavy atom. The van der Waals surface area contributed by atoms with Gasteiger partial charge in [-0.05, 0) is 44.5 Å². The molecule has 1 atom stereocenters. The summed E-state index contributed by atoms with van der Waals surface area (Å²) in [5.74, 6) is 2.98. The van der Waals surface area contributed by atoms with E-state index in [0.29, 0.717) is 12.0 Å². The van der Waals surface area contributed by atoms with Crippen molar-refractivity contribution in [3.63, 3.8) is 0 Å². The molecule has 1 fully saturated rings. The third-order valence-electron chi connectivity index (χ3n) is 4.07. The van der Waals surface area contributed by atoms with E-state index < -0.39 is 0 Å². The molecular weight excluding hydrogens is 266 g/mol. The summed E-state index contributed by atoms with van der Waals surface area (Å²) in [4.78, 5) is 7.02. The first-order valence-corrected chi connectivity index (χ1v) is 7.84. The van der Waals surface area contributed by atoms with Crippen molar-refractivity contribution in [2.75, 3.05) is 13.1 Å². The highest BCUT2D eigenvalue weighted by Gasteiger charge is 2.30. The smallest absolute Gasteiger partial charge is 0.244 e. The Morgan fingerprint density at radius 2 is 2.33 bits per heavy atom. The molecule has 3 heterocycles. The number of hydrogen-bond donors (Lipinski definition) is 0. The summed E-state index contributed by atoms with van der Waals surface area (Å²) in [6.07, 6.45) is 6.12. The maximum atomic E-state index is 5.47. The van der Waals surface area contributed by atoms with Crippen LogP contribution in [0.3, 0.4) is 0 Å². The second-order valence-corrected chi connectivity index (χ2v) is 6.02. The molecule has 1 saturated heterocycles. The standard InChI is InChI=1S/C16H23N3O2/c1-12(2)15-17-16(21-18-15)14-8-4-10-19(14)9-3-6-13-7-5-11-20-13/h5,7,11-12,14H,3-4,6,8-10H2,1-2H3/t14-/m0/s1. The fourth-order valence-corrected chi connectivity index (χ4v) is 2.90. The normalized spacial score (nSPS) is 19.7. The summed E-state index contributed by atoms with van der Waals surface area (Å²) in [5.41, 5.74) is 0. The monoisotopic (exact) mass is 289 g/mol. The number of nitrogens with zero attached hydrogens (tertiary/aromatic N) is 3. The minimum atomic E-state index is 0.293. The van der Waals surface area contributed by atoms with Gasteiger partial charge in [0.2, 0.25) is 5.89 Å². The number of rotatable bonds is 6. The van der Waals surface area contributed by atoms with Gasteiger partial charge >= 0.3 is 0 Å². The Morgan fingerprint density at radius 3 is 3.05 bits per heavy atom. The minimum absolute atomic E-state index is 0.293. The highest BCUT2D eigenvalue weighted by molar-refractivity contribution is 5.00. The lowest BCUT2D eigenvalue weighted by atomic mass is 10.2. The molecule has 114 valence electrons. The van der Waals surface area contributed by atoms with Crippen LogP contribution in [0.15, 0.2) is 27.3 Å². The molecule has 0 aliphatic carbocycles. The first-order chi connectivity index (χ1) is 10.2. The maximum absolute atomic E-state index is 5.47. The van der Waals surface area contributed by atoms with Gasteiger partial charge in [-0.2, -0.15) is 4.98 Å². The van der Waals surface area contributed by atoms with E-state index in [1.54, 1.807) is 6.26 Å². The summed E-state index contributed by atoms with van der Waals surface area (Å²) >= 11 is 0. The lowest BCUT2D eigenvalue weighted by Crippen LogP contribution is -2.25. The third kappa shape index (κ3) is 3.35. The predicted octanol–water partition coefficient (Wildman–Crippen LogP) is 3.56. The number of hydrogen-bond acceptors (Lipinski definition) is 5. The van der Waals surface area contributed by atoms with Gasteiger partial charge < -0.3 is 8.94 Å². The molecule has 0 radical (unpaired) electrons. The van der Waals surface area contributed by atoms with Crippen LogP contribution >= 0.6 is 0 Å². The third-order valence-corrected chi connectivity index (χ3v) is 4.07. The molecule has 5 nitrogen and oxygen atoms in total. The molecule has 2 aromatic heterocycles. The van der Waals surface area contributed by atoms with Crippen LogP contribution in [-0.2, 0) is 6.42 Å². The van der Waals surface area contributed by atoms with E-state index in [-0.39, 0.29) is 0 Å². The van der Waals surface area contributed by atoms with E-state index in [0.717, 1.165) is 49.8 Å². The van der Waals surface area contributed by atoms with E-state index in [4.69, 9.17) is 8.94 Å². The summed E-state index contributed by atoms with van der Waals surface area (Å²) in [7, 11) is 0. The quantitative estimate of drug-likeness (QED) is 0.814. The number of likely N-dealkylation sites (tertiary alicyclic amines) is 1. The van der Waals surface area contributed by atoms with Crippen LogP contribution in [-0.4, -0.2) is 28.1 Å². The summed E-state index contributed by atoms with van der Waals surface area (Å²) in [6.45, 7) is 6.34. The van der Waals surface area contributed by atoms with Gasteiger partial charge in [0, 0.05) is 12.3 Å².